The fourth-order valence-electron chi connectivity index (χ4n) is 2.31. The molecule has 0 fully saturated rings. The van der Waals surface area contributed by atoms with Gasteiger partial charge in [0.2, 0.25) is 0 Å². The first kappa shape index (κ1) is 14.8. The van der Waals surface area contributed by atoms with Gasteiger partial charge in [-0.05, 0) is 31.0 Å². The fourth-order valence-corrected chi connectivity index (χ4v) is 2.31. The number of rotatable bonds is 6. The molecule has 0 aliphatic rings. The summed E-state index contributed by atoms with van der Waals surface area (Å²) in [5.74, 6) is 0.998. The first-order valence-corrected chi connectivity index (χ1v) is 6.96. The molecule has 0 spiro atoms. The van der Waals surface area contributed by atoms with Gasteiger partial charge in [-0.3, -0.25) is 0 Å². The highest BCUT2D eigenvalue weighted by Crippen LogP contribution is 2.23. The Morgan fingerprint density at radius 1 is 1.35 bits per heavy atom. The van der Waals surface area contributed by atoms with E-state index < -0.39 is 0 Å². The van der Waals surface area contributed by atoms with Crippen molar-refractivity contribution in [2.75, 3.05) is 32.2 Å². The molecule has 2 rings (SSSR count). The quantitative estimate of drug-likeness (QED) is 0.876. The number of hydrogen-bond acceptors (Lipinski definition) is 4. The molecule has 1 atom stereocenters. The van der Waals surface area contributed by atoms with E-state index in [2.05, 4.69) is 17.0 Å². The molecule has 0 aliphatic carbocycles. The second-order valence-corrected chi connectivity index (χ2v) is 5.26. The van der Waals surface area contributed by atoms with Crippen molar-refractivity contribution in [2.24, 2.45) is 5.73 Å². The van der Waals surface area contributed by atoms with Crippen LogP contribution in [0.2, 0.25) is 0 Å². The summed E-state index contributed by atoms with van der Waals surface area (Å²) in [6.45, 7) is 3.52. The molecule has 0 bridgehead atoms. The predicted octanol–water partition coefficient (Wildman–Crippen LogP) is 2.21. The van der Waals surface area contributed by atoms with Crippen LogP contribution in [-0.2, 0) is 11.2 Å². The molecule has 0 radical (unpaired) electrons. The summed E-state index contributed by atoms with van der Waals surface area (Å²) in [7, 11) is 3.76. The Morgan fingerprint density at radius 2 is 2.10 bits per heavy atom. The lowest BCUT2D eigenvalue weighted by Gasteiger charge is -2.22. The summed E-state index contributed by atoms with van der Waals surface area (Å²) in [6, 6.07) is 10.5. The van der Waals surface area contributed by atoms with E-state index in [9.17, 15) is 0 Å². The Balaban J connectivity index is 2.42. The van der Waals surface area contributed by atoms with Crippen molar-refractivity contribution in [3.05, 3.63) is 35.9 Å². The Hall–Kier alpha value is -1.65. The Kier molecular flexibility index (Phi) is 4.93. The van der Waals surface area contributed by atoms with E-state index in [0.29, 0.717) is 6.61 Å². The zero-order chi connectivity index (χ0) is 14.5. The Bertz CT molecular complexity index is 569. The number of anilines is 1. The summed E-state index contributed by atoms with van der Waals surface area (Å²) >= 11 is 0. The Labute approximate surface area is 120 Å². The van der Waals surface area contributed by atoms with Gasteiger partial charge in [0.15, 0.2) is 0 Å². The van der Waals surface area contributed by atoms with Gasteiger partial charge in [-0.1, -0.05) is 18.2 Å². The van der Waals surface area contributed by atoms with Gasteiger partial charge in [0.25, 0.3) is 0 Å². The number of nitrogens with zero attached hydrogens (tertiary/aromatic N) is 2. The summed E-state index contributed by atoms with van der Waals surface area (Å²) in [5, 5.41) is 1.16. The summed E-state index contributed by atoms with van der Waals surface area (Å²) < 4.78 is 5.15. The molecule has 20 heavy (non-hydrogen) atoms. The third kappa shape index (κ3) is 3.46. The van der Waals surface area contributed by atoms with E-state index in [1.807, 2.05) is 32.2 Å². The highest BCUT2D eigenvalue weighted by atomic mass is 16.5. The number of aromatic nitrogens is 1. The van der Waals surface area contributed by atoms with E-state index in [-0.39, 0.29) is 6.04 Å². The molecule has 0 amide bonds. The average Bonchev–Trinajstić information content (AvgIpc) is 2.43. The number of likely N-dealkylation sites (N-methyl/N-ethyl adjacent to an activating group) is 1. The van der Waals surface area contributed by atoms with E-state index in [0.717, 1.165) is 29.7 Å². The molecule has 2 N–H and O–H groups in total. The van der Waals surface area contributed by atoms with Gasteiger partial charge < -0.3 is 15.4 Å². The van der Waals surface area contributed by atoms with E-state index >= 15 is 0 Å². The van der Waals surface area contributed by atoms with Gasteiger partial charge in [0.1, 0.15) is 5.82 Å². The van der Waals surface area contributed by atoms with Crippen molar-refractivity contribution in [3.8, 4) is 0 Å². The summed E-state index contributed by atoms with van der Waals surface area (Å²) in [4.78, 5) is 6.93. The van der Waals surface area contributed by atoms with E-state index in [4.69, 9.17) is 15.5 Å². The van der Waals surface area contributed by atoms with Gasteiger partial charge in [-0.2, -0.15) is 0 Å². The molecule has 1 heterocycles. The molecule has 0 aliphatic heterocycles. The van der Waals surface area contributed by atoms with Gasteiger partial charge in [-0.25, -0.2) is 4.98 Å². The first-order chi connectivity index (χ1) is 9.61. The maximum absolute atomic E-state index is 5.97. The second kappa shape index (κ2) is 6.68. The summed E-state index contributed by atoms with van der Waals surface area (Å²) in [5.41, 5.74) is 8.17. The number of pyridine rings is 1. The molecule has 1 unspecified atom stereocenters. The lowest BCUT2D eigenvalue weighted by atomic mass is 10.1. The molecule has 1 aromatic carbocycles. The third-order valence-electron chi connectivity index (χ3n) is 3.31. The van der Waals surface area contributed by atoms with Crippen LogP contribution in [0.1, 0.15) is 12.5 Å². The number of benzene rings is 1. The minimum Gasteiger partial charge on any atom is -0.383 e. The lowest BCUT2D eigenvalue weighted by Crippen LogP contribution is -2.26. The third-order valence-corrected chi connectivity index (χ3v) is 3.31. The van der Waals surface area contributed by atoms with E-state index in [1.165, 1.54) is 5.56 Å². The SMILES string of the molecule is COCCN(C)c1nc2ccccc2cc1CC(C)N. The van der Waals surface area contributed by atoms with Crippen LogP contribution in [0.15, 0.2) is 30.3 Å². The number of methoxy groups -OCH3 is 1. The van der Waals surface area contributed by atoms with Crippen molar-refractivity contribution in [1.29, 1.82) is 0 Å². The molecular formula is C16H23N3O. The van der Waals surface area contributed by atoms with Crippen molar-refractivity contribution >= 4 is 16.7 Å². The standard InChI is InChI=1S/C16H23N3O/c1-12(17)10-14-11-13-6-4-5-7-15(13)18-16(14)19(2)8-9-20-3/h4-7,11-12H,8-10,17H2,1-3H3. The maximum atomic E-state index is 5.97. The van der Waals surface area contributed by atoms with Gasteiger partial charge in [0, 0.05) is 32.1 Å². The van der Waals surface area contributed by atoms with Crippen molar-refractivity contribution in [1.82, 2.24) is 4.98 Å². The fraction of sp³-hybridized carbons (Fsp3) is 0.438. The van der Waals surface area contributed by atoms with Crippen LogP contribution in [0.3, 0.4) is 0 Å². The van der Waals surface area contributed by atoms with Gasteiger partial charge in [-0.15, -0.1) is 0 Å². The zero-order valence-electron chi connectivity index (χ0n) is 12.5. The topological polar surface area (TPSA) is 51.4 Å². The number of ether oxygens (including phenoxy) is 1. The van der Waals surface area contributed by atoms with Crippen molar-refractivity contribution < 1.29 is 4.74 Å². The molecule has 4 nitrogen and oxygen atoms in total. The van der Waals surface area contributed by atoms with Crippen LogP contribution >= 0.6 is 0 Å². The van der Waals surface area contributed by atoms with Crippen molar-refractivity contribution in [2.45, 2.75) is 19.4 Å². The molecule has 0 saturated carbocycles. The molecule has 108 valence electrons. The lowest BCUT2D eigenvalue weighted by molar-refractivity contribution is 0.206. The minimum atomic E-state index is 0.118. The number of hydrogen-bond donors (Lipinski definition) is 1. The minimum absolute atomic E-state index is 0.118. The van der Waals surface area contributed by atoms with Crippen LogP contribution in [0, 0.1) is 0 Å². The molecule has 0 saturated heterocycles. The van der Waals surface area contributed by atoms with Crippen LogP contribution in [0.5, 0.6) is 0 Å². The predicted molar refractivity (Wildman–Crippen MR) is 84.2 cm³/mol. The van der Waals surface area contributed by atoms with Crippen LogP contribution in [-0.4, -0.2) is 38.3 Å². The van der Waals surface area contributed by atoms with Crippen molar-refractivity contribution in [3.63, 3.8) is 0 Å². The monoisotopic (exact) mass is 273 g/mol. The maximum Gasteiger partial charge on any atom is 0.132 e. The number of para-hydroxylation sites is 1. The molecule has 1 aromatic heterocycles. The normalized spacial score (nSPS) is 12.6. The largest absolute Gasteiger partial charge is 0.383 e. The van der Waals surface area contributed by atoms with Crippen LogP contribution < -0.4 is 10.6 Å². The first-order valence-electron chi connectivity index (χ1n) is 6.96. The smallest absolute Gasteiger partial charge is 0.132 e. The molecule has 2 aromatic rings. The molecule has 4 heteroatoms. The Morgan fingerprint density at radius 3 is 2.80 bits per heavy atom. The van der Waals surface area contributed by atoms with Crippen LogP contribution in [0.4, 0.5) is 5.82 Å². The zero-order valence-corrected chi connectivity index (χ0v) is 12.5. The van der Waals surface area contributed by atoms with E-state index in [1.54, 1.807) is 7.11 Å². The number of nitrogens with two attached hydrogens (primary N) is 1. The number of fused-ring (bicyclic) bond motifs is 1. The van der Waals surface area contributed by atoms with Gasteiger partial charge in [0.05, 0.1) is 12.1 Å². The summed E-state index contributed by atoms with van der Waals surface area (Å²) in [6.07, 6.45) is 0.824. The van der Waals surface area contributed by atoms with Crippen LogP contribution in [0.25, 0.3) is 10.9 Å². The second-order valence-electron chi connectivity index (χ2n) is 5.26. The highest BCUT2D eigenvalue weighted by Gasteiger charge is 2.12. The van der Waals surface area contributed by atoms with Gasteiger partial charge >= 0.3 is 0 Å². The highest BCUT2D eigenvalue weighted by molar-refractivity contribution is 5.81. The molecular weight excluding hydrogens is 250 g/mol. The average molecular weight is 273 g/mol.